The number of aliphatic hydroxyl groups excluding tert-OH is 2. The van der Waals surface area contributed by atoms with E-state index >= 15 is 0 Å². The van der Waals surface area contributed by atoms with Crippen LogP contribution in [0.5, 0.6) is 0 Å². The number of fused-ring (bicyclic) bond motifs is 3. The molecule has 0 radical (unpaired) electrons. The predicted octanol–water partition coefficient (Wildman–Crippen LogP) is 2.13. The van der Waals surface area contributed by atoms with Gasteiger partial charge in [-0.2, -0.15) is 0 Å². The summed E-state index contributed by atoms with van der Waals surface area (Å²) < 4.78 is 0. The van der Waals surface area contributed by atoms with Gasteiger partial charge in [-0.3, -0.25) is 4.98 Å². The fourth-order valence-electron chi connectivity index (χ4n) is 2.31. The van der Waals surface area contributed by atoms with Crippen LogP contribution < -0.4 is 0 Å². The maximum Gasteiger partial charge on any atom is 0.100 e. The van der Waals surface area contributed by atoms with Gasteiger partial charge in [-0.15, -0.1) is 0 Å². The third kappa shape index (κ3) is 1.66. The molecule has 0 bridgehead atoms. The number of pyridine rings is 1. The molecule has 0 fully saturated rings. The molecule has 3 aromatic rings. The highest BCUT2D eigenvalue weighted by Crippen LogP contribution is 2.29. The average Bonchev–Trinajstić information content (AvgIpc) is 2.77. The van der Waals surface area contributed by atoms with E-state index in [1.54, 1.807) is 6.20 Å². The van der Waals surface area contributed by atoms with Gasteiger partial charge in [0.15, 0.2) is 0 Å². The fourth-order valence-corrected chi connectivity index (χ4v) is 2.31. The van der Waals surface area contributed by atoms with Gasteiger partial charge in [0.05, 0.1) is 11.2 Å². The van der Waals surface area contributed by atoms with Gasteiger partial charge in [0.1, 0.15) is 6.10 Å². The molecule has 3 N–H and O–H groups in total. The summed E-state index contributed by atoms with van der Waals surface area (Å²) in [5.74, 6) is 0. The smallest absolute Gasteiger partial charge is 0.100 e. The number of aromatic amines is 1. The molecule has 0 aliphatic heterocycles. The van der Waals surface area contributed by atoms with E-state index in [4.69, 9.17) is 5.11 Å². The second kappa shape index (κ2) is 4.40. The summed E-state index contributed by atoms with van der Waals surface area (Å²) in [5, 5.41) is 21.1. The van der Waals surface area contributed by atoms with Crippen LogP contribution in [-0.2, 0) is 0 Å². The lowest BCUT2D eigenvalue weighted by molar-refractivity contribution is 0.132. The van der Waals surface area contributed by atoms with Crippen LogP contribution in [0.1, 0.15) is 18.2 Å². The molecule has 0 aliphatic carbocycles. The second-order valence-electron chi connectivity index (χ2n) is 4.32. The molecule has 92 valence electrons. The molecule has 0 saturated carbocycles. The Bertz CT molecular complexity index is 690. The van der Waals surface area contributed by atoms with Crippen molar-refractivity contribution in [2.45, 2.75) is 12.5 Å². The monoisotopic (exact) mass is 242 g/mol. The van der Waals surface area contributed by atoms with Crippen LogP contribution in [0.4, 0.5) is 0 Å². The van der Waals surface area contributed by atoms with Gasteiger partial charge in [-0.25, -0.2) is 0 Å². The number of nitrogens with zero attached hydrogens (tertiary/aromatic N) is 1. The van der Waals surface area contributed by atoms with Crippen LogP contribution in [0, 0.1) is 0 Å². The largest absolute Gasteiger partial charge is 0.396 e. The van der Waals surface area contributed by atoms with Crippen molar-refractivity contribution in [1.82, 2.24) is 9.97 Å². The summed E-state index contributed by atoms with van der Waals surface area (Å²) in [6.45, 7) is -0.0561. The van der Waals surface area contributed by atoms with Gasteiger partial charge in [-0.1, -0.05) is 18.2 Å². The molecule has 3 rings (SSSR count). The van der Waals surface area contributed by atoms with Gasteiger partial charge >= 0.3 is 0 Å². The summed E-state index contributed by atoms with van der Waals surface area (Å²) in [7, 11) is 0. The van der Waals surface area contributed by atoms with Crippen molar-refractivity contribution < 1.29 is 10.2 Å². The number of aliphatic hydroxyl groups is 2. The minimum absolute atomic E-state index is 0.0561. The number of hydrogen-bond acceptors (Lipinski definition) is 3. The molecule has 0 amide bonds. The van der Waals surface area contributed by atoms with E-state index in [0.717, 1.165) is 21.8 Å². The Kier molecular flexibility index (Phi) is 2.74. The number of nitrogens with one attached hydrogen (secondary N) is 1. The summed E-state index contributed by atoms with van der Waals surface area (Å²) in [6.07, 6.45) is 1.24. The van der Waals surface area contributed by atoms with Crippen molar-refractivity contribution >= 4 is 21.8 Å². The molecule has 0 saturated heterocycles. The summed E-state index contributed by atoms with van der Waals surface area (Å²) in [5.41, 5.74) is 2.47. The minimum atomic E-state index is -0.744. The number of hydrogen-bond donors (Lipinski definition) is 3. The van der Waals surface area contributed by atoms with Crippen molar-refractivity contribution in [3.8, 4) is 0 Å². The van der Waals surface area contributed by atoms with E-state index in [2.05, 4.69) is 9.97 Å². The molecule has 4 heteroatoms. The van der Waals surface area contributed by atoms with Crippen LogP contribution >= 0.6 is 0 Å². The predicted molar refractivity (Wildman–Crippen MR) is 70.3 cm³/mol. The molecule has 0 aliphatic rings. The van der Waals surface area contributed by atoms with Crippen molar-refractivity contribution in [1.29, 1.82) is 0 Å². The fraction of sp³-hybridized carbons (Fsp3) is 0.214. The van der Waals surface area contributed by atoms with E-state index in [9.17, 15) is 5.11 Å². The zero-order valence-corrected chi connectivity index (χ0v) is 9.80. The normalized spacial score (nSPS) is 13.2. The van der Waals surface area contributed by atoms with E-state index in [1.807, 2.05) is 30.3 Å². The summed E-state index contributed by atoms with van der Waals surface area (Å²) >= 11 is 0. The molecule has 4 nitrogen and oxygen atoms in total. The lowest BCUT2D eigenvalue weighted by Crippen LogP contribution is -2.03. The van der Waals surface area contributed by atoms with E-state index < -0.39 is 6.10 Å². The third-order valence-electron chi connectivity index (χ3n) is 3.18. The zero-order valence-electron chi connectivity index (χ0n) is 9.80. The van der Waals surface area contributed by atoms with Gasteiger partial charge in [0, 0.05) is 35.5 Å². The first-order chi connectivity index (χ1) is 8.81. The Labute approximate surface area is 104 Å². The van der Waals surface area contributed by atoms with Crippen molar-refractivity contribution in [3.05, 3.63) is 42.2 Å². The van der Waals surface area contributed by atoms with Crippen LogP contribution in [-0.4, -0.2) is 26.8 Å². The first-order valence-electron chi connectivity index (χ1n) is 5.95. The number of aromatic nitrogens is 2. The SMILES string of the molecule is OCC[C@H](O)c1nccc2c1[nH]c1ccccc12. The quantitative estimate of drug-likeness (QED) is 0.659. The van der Waals surface area contributed by atoms with Crippen LogP contribution in [0.2, 0.25) is 0 Å². The van der Waals surface area contributed by atoms with Crippen molar-refractivity contribution in [2.24, 2.45) is 0 Å². The molecule has 2 heterocycles. The highest BCUT2D eigenvalue weighted by atomic mass is 16.3. The number of rotatable bonds is 3. The number of para-hydroxylation sites is 1. The number of H-pyrrole nitrogens is 1. The molecule has 0 unspecified atom stereocenters. The van der Waals surface area contributed by atoms with Gasteiger partial charge < -0.3 is 15.2 Å². The van der Waals surface area contributed by atoms with Gasteiger partial charge in [0.25, 0.3) is 0 Å². The van der Waals surface area contributed by atoms with Crippen LogP contribution in [0.3, 0.4) is 0 Å². The van der Waals surface area contributed by atoms with Gasteiger partial charge in [-0.05, 0) is 12.1 Å². The third-order valence-corrected chi connectivity index (χ3v) is 3.18. The molecule has 2 aromatic heterocycles. The van der Waals surface area contributed by atoms with E-state index in [0.29, 0.717) is 12.1 Å². The molecule has 1 atom stereocenters. The van der Waals surface area contributed by atoms with Crippen LogP contribution in [0.25, 0.3) is 21.8 Å². The van der Waals surface area contributed by atoms with Gasteiger partial charge in [0.2, 0.25) is 0 Å². The molecule has 0 spiro atoms. The Hall–Kier alpha value is -1.91. The molecular weight excluding hydrogens is 228 g/mol. The summed E-state index contributed by atoms with van der Waals surface area (Å²) in [4.78, 5) is 7.51. The maximum absolute atomic E-state index is 10.0. The van der Waals surface area contributed by atoms with Crippen molar-refractivity contribution in [3.63, 3.8) is 0 Å². The topological polar surface area (TPSA) is 69.1 Å². The zero-order chi connectivity index (χ0) is 12.5. The minimum Gasteiger partial charge on any atom is -0.396 e. The summed E-state index contributed by atoms with van der Waals surface area (Å²) in [6, 6.07) is 9.92. The molecule has 18 heavy (non-hydrogen) atoms. The Balaban J connectivity index is 2.27. The molecule has 1 aromatic carbocycles. The Morgan fingerprint density at radius 2 is 2.00 bits per heavy atom. The second-order valence-corrected chi connectivity index (χ2v) is 4.32. The van der Waals surface area contributed by atoms with Crippen molar-refractivity contribution in [2.75, 3.05) is 6.61 Å². The number of benzene rings is 1. The maximum atomic E-state index is 10.0. The Morgan fingerprint density at radius 1 is 1.17 bits per heavy atom. The molecular formula is C14H14N2O2. The Morgan fingerprint density at radius 3 is 2.83 bits per heavy atom. The van der Waals surface area contributed by atoms with Crippen LogP contribution in [0.15, 0.2) is 36.5 Å². The first-order valence-corrected chi connectivity index (χ1v) is 5.95. The van der Waals surface area contributed by atoms with E-state index in [-0.39, 0.29) is 6.61 Å². The average molecular weight is 242 g/mol. The van der Waals surface area contributed by atoms with E-state index in [1.165, 1.54) is 0 Å². The highest BCUT2D eigenvalue weighted by molar-refractivity contribution is 6.07. The first kappa shape index (κ1) is 11.2. The highest BCUT2D eigenvalue weighted by Gasteiger charge is 2.15. The lowest BCUT2D eigenvalue weighted by atomic mass is 10.1. The lowest BCUT2D eigenvalue weighted by Gasteiger charge is -2.08. The standard InChI is InChI=1S/C14H14N2O2/c17-8-6-12(18)14-13-10(5-7-15-14)9-3-1-2-4-11(9)16-13/h1-5,7,12,16-18H,6,8H2/t12-/m0/s1.